The molecule has 1 fully saturated rings. The predicted octanol–water partition coefficient (Wildman–Crippen LogP) is 2.05. The van der Waals surface area contributed by atoms with Crippen molar-refractivity contribution in [2.75, 3.05) is 6.61 Å². The molecule has 21 heavy (non-hydrogen) atoms. The summed E-state index contributed by atoms with van der Waals surface area (Å²) in [5.74, 6) is -0.391. The van der Waals surface area contributed by atoms with Crippen LogP contribution in [-0.2, 0) is 9.59 Å². The number of aryl methyl sites for hydroxylation is 2. The highest BCUT2D eigenvalue weighted by Crippen LogP contribution is 2.32. The average molecular weight is 291 g/mol. The third-order valence-electron chi connectivity index (χ3n) is 3.59. The molecule has 1 saturated carbocycles. The van der Waals surface area contributed by atoms with Gasteiger partial charge in [-0.1, -0.05) is 17.7 Å². The highest BCUT2D eigenvalue weighted by Gasteiger charge is 2.37. The summed E-state index contributed by atoms with van der Waals surface area (Å²) in [5, 5.41) is 11.6. The molecule has 1 atom stereocenters. The number of amides is 1. The van der Waals surface area contributed by atoms with Gasteiger partial charge in [0.05, 0.1) is 13.0 Å². The quantitative estimate of drug-likeness (QED) is 0.806. The van der Waals surface area contributed by atoms with Crippen molar-refractivity contribution < 1.29 is 19.4 Å². The third-order valence-corrected chi connectivity index (χ3v) is 3.59. The first-order valence-corrected chi connectivity index (χ1v) is 7.19. The van der Waals surface area contributed by atoms with Crippen molar-refractivity contribution in [1.82, 2.24) is 5.32 Å². The second-order valence-corrected chi connectivity index (χ2v) is 5.59. The summed E-state index contributed by atoms with van der Waals surface area (Å²) >= 11 is 0. The minimum absolute atomic E-state index is 0.0895. The molecular weight excluding hydrogens is 270 g/mol. The Kier molecular flexibility index (Phi) is 4.83. The van der Waals surface area contributed by atoms with Crippen LogP contribution in [0.1, 0.15) is 30.4 Å². The molecule has 0 radical (unpaired) electrons. The van der Waals surface area contributed by atoms with Crippen LogP contribution < -0.4 is 10.1 Å². The van der Waals surface area contributed by atoms with Gasteiger partial charge in [-0.3, -0.25) is 4.79 Å². The van der Waals surface area contributed by atoms with Crippen molar-refractivity contribution in [2.24, 2.45) is 5.92 Å². The SMILES string of the molecule is Cc1ccc(OCCC(=O)NC(C(=O)O)C2CC2)c(C)c1. The predicted molar refractivity (Wildman–Crippen MR) is 78.3 cm³/mol. The molecule has 2 N–H and O–H groups in total. The molecule has 5 nitrogen and oxygen atoms in total. The van der Waals surface area contributed by atoms with E-state index in [-0.39, 0.29) is 24.9 Å². The van der Waals surface area contributed by atoms with Gasteiger partial charge in [-0.2, -0.15) is 0 Å². The van der Waals surface area contributed by atoms with Crippen LogP contribution in [0.2, 0.25) is 0 Å². The van der Waals surface area contributed by atoms with E-state index in [1.165, 1.54) is 0 Å². The number of hydrogen-bond donors (Lipinski definition) is 2. The topological polar surface area (TPSA) is 75.6 Å². The molecule has 0 saturated heterocycles. The van der Waals surface area contributed by atoms with E-state index in [1.54, 1.807) is 0 Å². The Hall–Kier alpha value is -2.04. The fourth-order valence-electron chi connectivity index (χ4n) is 2.27. The third kappa shape index (κ3) is 4.48. The van der Waals surface area contributed by atoms with E-state index >= 15 is 0 Å². The van der Waals surface area contributed by atoms with Gasteiger partial charge in [0.15, 0.2) is 0 Å². The molecule has 114 valence electrons. The van der Waals surface area contributed by atoms with Crippen molar-refractivity contribution >= 4 is 11.9 Å². The van der Waals surface area contributed by atoms with Crippen LogP contribution in [0.5, 0.6) is 5.75 Å². The number of nitrogens with one attached hydrogen (secondary N) is 1. The Bertz CT molecular complexity index is 537. The fourth-order valence-corrected chi connectivity index (χ4v) is 2.27. The Morgan fingerprint density at radius 3 is 2.67 bits per heavy atom. The lowest BCUT2D eigenvalue weighted by Gasteiger charge is -2.14. The van der Waals surface area contributed by atoms with Crippen LogP contribution in [0.15, 0.2) is 18.2 Å². The number of benzene rings is 1. The highest BCUT2D eigenvalue weighted by molar-refractivity contribution is 5.84. The largest absolute Gasteiger partial charge is 0.493 e. The number of carbonyl (C=O) groups excluding carboxylic acids is 1. The van der Waals surface area contributed by atoms with Crippen molar-refractivity contribution in [3.05, 3.63) is 29.3 Å². The molecule has 1 aromatic carbocycles. The molecule has 0 heterocycles. The molecule has 1 aromatic rings. The lowest BCUT2D eigenvalue weighted by Crippen LogP contribution is -2.42. The van der Waals surface area contributed by atoms with E-state index in [4.69, 9.17) is 9.84 Å². The molecule has 0 spiro atoms. The second-order valence-electron chi connectivity index (χ2n) is 5.59. The summed E-state index contributed by atoms with van der Waals surface area (Å²) < 4.78 is 5.57. The van der Waals surface area contributed by atoms with Crippen LogP contribution in [-0.4, -0.2) is 29.6 Å². The minimum atomic E-state index is -0.957. The zero-order chi connectivity index (χ0) is 15.4. The first kappa shape index (κ1) is 15.4. The van der Waals surface area contributed by atoms with Crippen LogP contribution >= 0.6 is 0 Å². The van der Waals surface area contributed by atoms with Crippen LogP contribution in [0.3, 0.4) is 0 Å². The Morgan fingerprint density at radius 2 is 2.10 bits per heavy atom. The molecule has 2 rings (SSSR count). The molecular formula is C16H21NO4. The van der Waals surface area contributed by atoms with E-state index in [2.05, 4.69) is 5.32 Å². The maximum Gasteiger partial charge on any atom is 0.326 e. The van der Waals surface area contributed by atoms with Crippen molar-refractivity contribution in [2.45, 2.75) is 39.2 Å². The summed E-state index contributed by atoms with van der Waals surface area (Å²) in [6, 6.07) is 5.10. The number of aliphatic carboxylic acids is 1. The van der Waals surface area contributed by atoms with Gasteiger partial charge in [0.25, 0.3) is 0 Å². The van der Waals surface area contributed by atoms with E-state index < -0.39 is 12.0 Å². The van der Waals surface area contributed by atoms with Crippen LogP contribution in [0, 0.1) is 19.8 Å². The molecule has 1 unspecified atom stereocenters. The number of ether oxygens (including phenoxy) is 1. The van der Waals surface area contributed by atoms with Crippen molar-refractivity contribution in [1.29, 1.82) is 0 Å². The Balaban J connectivity index is 1.77. The summed E-state index contributed by atoms with van der Waals surface area (Å²) in [4.78, 5) is 22.8. The smallest absolute Gasteiger partial charge is 0.326 e. The van der Waals surface area contributed by atoms with Gasteiger partial charge in [0, 0.05) is 0 Å². The molecule has 5 heteroatoms. The van der Waals surface area contributed by atoms with Crippen molar-refractivity contribution in [3.8, 4) is 5.75 Å². The summed E-state index contributed by atoms with van der Waals surface area (Å²) in [7, 11) is 0. The Labute approximate surface area is 124 Å². The number of rotatable bonds is 7. The second kappa shape index (κ2) is 6.61. The summed E-state index contributed by atoms with van der Waals surface area (Å²) in [5.41, 5.74) is 2.18. The molecule has 1 amide bonds. The Morgan fingerprint density at radius 1 is 1.38 bits per heavy atom. The van der Waals surface area contributed by atoms with Gasteiger partial charge in [-0.25, -0.2) is 4.79 Å². The maximum atomic E-state index is 11.8. The number of carboxylic acid groups (broad SMARTS) is 1. The normalized spacial score (nSPS) is 15.3. The van der Waals surface area contributed by atoms with Gasteiger partial charge in [-0.05, 0) is 44.2 Å². The standard InChI is InChI=1S/C16H21NO4/c1-10-3-6-13(11(2)9-10)21-8-7-14(18)17-15(16(19)20)12-4-5-12/h3,6,9,12,15H,4-5,7-8H2,1-2H3,(H,17,18)(H,19,20). The zero-order valence-electron chi connectivity index (χ0n) is 12.4. The zero-order valence-corrected chi connectivity index (χ0v) is 12.4. The van der Waals surface area contributed by atoms with Crippen LogP contribution in [0.4, 0.5) is 0 Å². The summed E-state index contributed by atoms with van der Waals surface area (Å²) in [6.45, 7) is 4.21. The lowest BCUT2D eigenvalue weighted by atomic mass is 10.1. The number of carboxylic acids is 1. The van der Waals surface area contributed by atoms with Gasteiger partial charge >= 0.3 is 5.97 Å². The maximum absolute atomic E-state index is 11.8. The van der Waals surface area contributed by atoms with E-state index in [0.717, 1.165) is 29.7 Å². The molecule has 1 aliphatic rings. The molecule has 1 aliphatic carbocycles. The molecule has 0 bridgehead atoms. The number of carbonyl (C=O) groups is 2. The van der Waals surface area contributed by atoms with Crippen molar-refractivity contribution in [3.63, 3.8) is 0 Å². The fraction of sp³-hybridized carbons (Fsp3) is 0.500. The minimum Gasteiger partial charge on any atom is -0.493 e. The van der Waals surface area contributed by atoms with E-state index in [0.29, 0.717) is 0 Å². The summed E-state index contributed by atoms with van der Waals surface area (Å²) in [6.07, 6.45) is 1.90. The van der Waals surface area contributed by atoms with Crippen LogP contribution in [0.25, 0.3) is 0 Å². The van der Waals surface area contributed by atoms with Gasteiger partial charge < -0.3 is 15.2 Å². The first-order chi connectivity index (χ1) is 9.97. The molecule has 0 aromatic heterocycles. The first-order valence-electron chi connectivity index (χ1n) is 7.19. The van der Waals surface area contributed by atoms with Gasteiger partial charge in [-0.15, -0.1) is 0 Å². The highest BCUT2D eigenvalue weighted by atomic mass is 16.5. The lowest BCUT2D eigenvalue weighted by molar-refractivity contribution is -0.142. The van der Waals surface area contributed by atoms with E-state index in [9.17, 15) is 9.59 Å². The molecule has 0 aliphatic heterocycles. The average Bonchev–Trinajstić information content (AvgIpc) is 3.22. The number of hydrogen-bond acceptors (Lipinski definition) is 3. The monoisotopic (exact) mass is 291 g/mol. The van der Waals surface area contributed by atoms with Gasteiger partial charge in [0.1, 0.15) is 11.8 Å². The van der Waals surface area contributed by atoms with Gasteiger partial charge in [0.2, 0.25) is 5.91 Å². The van der Waals surface area contributed by atoms with E-state index in [1.807, 2.05) is 32.0 Å².